The molecule has 0 aliphatic carbocycles. The average molecular weight is 332 g/mol. The summed E-state index contributed by atoms with van der Waals surface area (Å²) in [5.41, 5.74) is 5.43. The van der Waals surface area contributed by atoms with Gasteiger partial charge in [-0.25, -0.2) is 4.98 Å². The Morgan fingerprint density at radius 1 is 1.26 bits per heavy atom. The van der Waals surface area contributed by atoms with E-state index in [0.717, 1.165) is 40.8 Å². The normalized spacial score (nSPS) is 10.7. The van der Waals surface area contributed by atoms with Crippen LogP contribution in [0.15, 0.2) is 30.3 Å². The lowest BCUT2D eigenvalue weighted by atomic mass is 10.1. The Labute approximate surface area is 142 Å². The van der Waals surface area contributed by atoms with Crippen LogP contribution in [-0.2, 0) is 0 Å². The molecular formula is C18H22ClN3O. The Bertz CT molecular complexity index is 854. The van der Waals surface area contributed by atoms with Crippen LogP contribution < -0.4 is 5.32 Å². The van der Waals surface area contributed by atoms with E-state index in [4.69, 9.17) is 0 Å². The summed E-state index contributed by atoms with van der Waals surface area (Å²) < 4.78 is 2.07. The van der Waals surface area contributed by atoms with E-state index in [2.05, 4.69) is 27.7 Å². The van der Waals surface area contributed by atoms with Crippen LogP contribution in [0.4, 0.5) is 0 Å². The van der Waals surface area contributed by atoms with Crippen molar-refractivity contribution in [2.45, 2.75) is 33.6 Å². The van der Waals surface area contributed by atoms with Crippen LogP contribution >= 0.6 is 12.4 Å². The zero-order valence-corrected chi connectivity index (χ0v) is 14.5. The van der Waals surface area contributed by atoms with Crippen LogP contribution in [0, 0.1) is 13.8 Å². The van der Waals surface area contributed by atoms with Crippen LogP contribution in [0.25, 0.3) is 16.7 Å². The van der Waals surface area contributed by atoms with E-state index in [1.54, 1.807) is 0 Å². The summed E-state index contributed by atoms with van der Waals surface area (Å²) in [6.45, 7) is 6.84. The zero-order valence-electron chi connectivity index (χ0n) is 13.7. The van der Waals surface area contributed by atoms with Gasteiger partial charge in [-0.15, -0.1) is 12.4 Å². The molecule has 0 bridgehead atoms. The topological polar surface area (TPSA) is 46.4 Å². The number of aryl methyl sites for hydroxylation is 2. The number of pyridine rings is 1. The molecule has 0 aliphatic rings. The fourth-order valence-electron chi connectivity index (χ4n) is 2.92. The number of rotatable bonds is 4. The van der Waals surface area contributed by atoms with Crippen LogP contribution in [0.1, 0.15) is 41.4 Å². The van der Waals surface area contributed by atoms with Crippen molar-refractivity contribution in [3.63, 3.8) is 0 Å². The van der Waals surface area contributed by atoms with Crippen molar-refractivity contribution in [3.8, 4) is 0 Å². The van der Waals surface area contributed by atoms with Gasteiger partial charge in [-0.3, -0.25) is 9.20 Å². The molecule has 5 heteroatoms. The minimum Gasteiger partial charge on any atom is -0.352 e. The van der Waals surface area contributed by atoms with E-state index in [0.29, 0.717) is 12.1 Å². The highest BCUT2D eigenvalue weighted by Gasteiger charge is 2.18. The predicted octanol–water partition coefficient (Wildman–Crippen LogP) is 4.06. The van der Waals surface area contributed by atoms with Gasteiger partial charge in [-0.1, -0.05) is 25.5 Å². The third-order valence-electron chi connectivity index (χ3n) is 4.00. The van der Waals surface area contributed by atoms with Gasteiger partial charge in [0.05, 0.1) is 16.6 Å². The van der Waals surface area contributed by atoms with E-state index < -0.39 is 0 Å². The summed E-state index contributed by atoms with van der Waals surface area (Å²) in [7, 11) is 0. The van der Waals surface area contributed by atoms with Crippen molar-refractivity contribution >= 4 is 35.0 Å². The lowest BCUT2D eigenvalue weighted by Crippen LogP contribution is -2.26. The fraction of sp³-hybridized carbons (Fsp3) is 0.333. The number of nitrogens with zero attached hydrogens (tertiary/aromatic N) is 2. The molecule has 1 N–H and O–H groups in total. The molecule has 2 aromatic heterocycles. The first-order chi connectivity index (χ1) is 10.6. The summed E-state index contributed by atoms with van der Waals surface area (Å²) >= 11 is 0. The smallest absolute Gasteiger partial charge is 0.255 e. The highest BCUT2D eigenvalue weighted by Crippen LogP contribution is 2.24. The number of hydrogen-bond donors (Lipinski definition) is 1. The number of aromatic nitrogens is 2. The third kappa shape index (κ3) is 3.04. The van der Waals surface area contributed by atoms with Crippen molar-refractivity contribution in [2.24, 2.45) is 0 Å². The molecule has 1 amide bonds. The third-order valence-corrected chi connectivity index (χ3v) is 4.00. The molecule has 2 heterocycles. The van der Waals surface area contributed by atoms with E-state index in [9.17, 15) is 4.79 Å². The number of benzene rings is 1. The molecule has 4 nitrogen and oxygen atoms in total. The maximum Gasteiger partial charge on any atom is 0.255 e. The number of amides is 1. The van der Waals surface area contributed by atoms with E-state index in [1.807, 2.05) is 38.1 Å². The van der Waals surface area contributed by atoms with Gasteiger partial charge in [0.2, 0.25) is 0 Å². The highest BCUT2D eigenvalue weighted by atomic mass is 35.5. The molecule has 0 atom stereocenters. The lowest BCUT2D eigenvalue weighted by molar-refractivity contribution is 0.0953. The molecular weight excluding hydrogens is 310 g/mol. The Hall–Kier alpha value is -2.07. The van der Waals surface area contributed by atoms with Crippen molar-refractivity contribution in [1.29, 1.82) is 0 Å². The number of fused-ring (bicyclic) bond motifs is 3. The summed E-state index contributed by atoms with van der Waals surface area (Å²) in [5, 5.41) is 3.00. The van der Waals surface area contributed by atoms with Gasteiger partial charge < -0.3 is 5.32 Å². The molecule has 0 radical (unpaired) electrons. The number of unbranched alkanes of at least 4 members (excludes halogenated alkanes) is 1. The highest BCUT2D eigenvalue weighted by molar-refractivity contribution is 6.03. The SMILES string of the molecule is CCCCNC(=O)c1c(C)cc(C)n2c1nc1ccccc12.Cl. The number of nitrogens with one attached hydrogen (secondary N) is 1. The van der Waals surface area contributed by atoms with Gasteiger partial charge in [-0.05, 0) is 44.0 Å². The van der Waals surface area contributed by atoms with Crippen molar-refractivity contribution in [1.82, 2.24) is 14.7 Å². The van der Waals surface area contributed by atoms with Gasteiger partial charge >= 0.3 is 0 Å². The van der Waals surface area contributed by atoms with Crippen molar-refractivity contribution in [2.75, 3.05) is 6.54 Å². The molecule has 122 valence electrons. The molecule has 0 saturated heterocycles. The molecule has 1 aromatic carbocycles. The molecule has 0 aliphatic heterocycles. The van der Waals surface area contributed by atoms with E-state index >= 15 is 0 Å². The van der Waals surface area contributed by atoms with Gasteiger partial charge in [0.1, 0.15) is 0 Å². The summed E-state index contributed by atoms with van der Waals surface area (Å²) in [6, 6.07) is 10.0. The standard InChI is InChI=1S/C18H21N3O.ClH/c1-4-5-10-19-18(22)16-12(2)11-13(3)21-15-9-7-6-8-14(15)20-17(16)21;/h6-9,11H,4-5,10H2,1-3H3,(H,19,22);1H. The second-order valence-corrected chi connectivity index (χ2v) is 5.71. The summed E-state index contributed by atoms with van der Waals surface area (Å²) in [5.74, 6) is -0.0359. The zero-order chi connectivity index (χ0) is 15.7. The predicted molar refractivity (Wildman–Crippen MR) is 96.7 cm³/mol. The second-order valence-electron chi connectivity index (χ2n) is 5.71. The van der Waals surface area contributed by atoms with Crippen molar-refractivity contribution in [3.05, 3.63) is 47.2 Å². The van der Waals surface area contributed by atoms with Crippen LogP contribution in [0.5, 0.6) is 0 Å². The number of hydrogen-bond acceptors (Lipinski definition) is 2. The number of carbonyl (C=O) groups is 1. The first-order valence-corrected chi connectivity index (χ1v) is 7.79. The molecule has 0 unspecified atom stereocenters. The fourth-order valence-corrected chi connectivity index (χ4v) is 2.92. The van der Waals surface area contributed by atoms with Crippen LogP contribution in [0.3, 0.4) is 0 Å². The number of halogens is 1. The monoisotopic (exact) mass is 331 g/mol. The Morgan fingerprint density at radius 3 is 2.74 bits per heavy atom. The summed E-state index contributed by atoms with van der Waals surface area (Å²) in [4.78, 5) is 17.3. The first kappa shape index (κ1) is 17.3. The molecule has 3 rings (SSSR count). The lowest BCUT2D eigenvalue weighted by Gasteiger charge is -2.11. The molecule has 0 saturated carbocycles. The van der Waals surface area contributed by atoms with E-state index in [1.165, 1.54) is 0 Å². The quantitative estimate of drug-likeness (QED) is 0.733. The van der Waals surface area contributed by atoms with Crippen LogP contribution in [0.2, 0.25) is 0 Å². The van der Waals surface area contributed by atoms with Gasteiger partial charge in [0.25, 0.3) is 5.91 Å². The molecule has 3 aromatic rings. The van der Waals surface area contributed by atoms with Gasteiger partial charge in [0.15, 0.2) is 5.65 Å². The molecule has 0 spiro atoms. The maximum absolute atomic E-state index is 12.6. The van der Waals surface area contributed by atoms with Crippen LogP contribution in [-0.4, -0.2) is 21.8 Å². The first-order valence-electron chi connectivity index (χ1n) is 7.79. The minimum atomic E-state index is -0.0359. The number of para-hydroxylation sites is 2. The van der Waals surface area contributed by atoms with Gasteiger partial charge in [0, 0.05) is 12.2 Å². The Balaban J connectivity index is 0.00000192. The molecule has 23 heavy (non-hydrogen) atoms. The minimum absolute atomic E-state index is 0. The largest absolute Gasteiger partial charge is 0.352 e. The number of imidazole rings is 1. The Kier molecular flexibility index (Phi) is 5.26. The van der Waals surface area contributed by atoms with E-state index in [-0.39, 0.29) is 18.3 Å². The maximum atomic E-state index is 12.6. The van der Waals surface area contributed by atoms with Gasteiger partial charge in [-0.2, -0.15) is 0 Å². The average Bonchev–Trinajstić information content (AvgIpc) is 2.86. The Morgan fingerprint density at radius 2 is 2.00 bits per heavy atom. The summed E-state index contributed by atoms with van der Waals surface area (Å²) in [6.07, 6.45) is 2.05. The number of carbonyl (C=O) groups excluding carboxylic acids is 1. The molecule has 0 fully saturated rings. The second kappa shape index (κ2) is 7.01. The van der Waals surface area contributed by atoms with Crippen molar-refractivity contribution < 1.29 is 4.79 Å².